The van der Waals surface area contributed by atoms with Gasteiger partial charge in [0.05, 0.1) is 0 Å². The van der Waals surface area contributed by atoms with E-state index in [4.69, 9.17) is 5.73 Å². The van der Waals surface area contributed by atoms with Crippen LogP contribution in [0.15, 0.2) is 18.2 Å². The van der Waals surface area contributed by atoms with E-state index in [-0.39, 0.29) is 0 Å². The number of nitrogens with zero attached hydrogens (tertiary/aromatic N) is 1. The van der Waals surface area contributed by atoms with Gasteiger partial charge >= 0.3 is 0 Å². The second kappa shape index (κ2) is 6.12. The van der Waals surface area contributed by atoms with E-state index >= 15 is 0 Å². The van der Waals surface area contributed by atoms with Crippen molar-refractivity contribution in [2.24, 2.45) is 5.92 Å². The predicted octanol–water partition coefficient (Wildman–Crippen LogP) is 3.85. The van der Waals surface area contributed by atoms with E-state index in [1.165, 1.54) is 43.5 Å². The van der Waals surface area contributed by atoms with Crippen molar-refractivity contribution >= 4 is 11.4 Å². The molecule has 0 fully saturated rings. The molecular formula is C16H26N2. The summed E-state index contributed by atoms with van der Waals surface area (Å²) >= 11 is 0. The van der Waals surface area contributed by atoms with Gasteiger partial charge in [-0.05, 0) is 30.9 Å². The van der Waals surface area contributed by atoms with E-state index in [2.05, 4.69) is 30.9 Å². The Morgan fingerprint density at radius 2 is 2.17 bits per heavy atom. The highest BCUT2D eigenvalue weighted by molar-refractivity contribution is 5.68. The van der Waals surface area contributed by atoms with E-state index in [1.807, 2.05) is 6.07 Å². The van der Waals surface area contributed by atoms with Gasteiger partial charge in [0, 0.05) is 30.0 Å². The average Bonchev–Trinajstić information content (AvgIpc) is 2.79. The van der Waals surface area contributed by atoms with Gasteiger partial charge in [0.2, 0.25) is 0 Å². The molecule has 2 nitrogen and oxygen atoms in total. The number of nitrogens with two attached hydrogens (primary N) is 1. The van der Waals surface area contributed by atoms with Crippen molar-refractivity contribution in [2.45, 2.75) is 46.0 Å². The van der Waals surface area contributed by atoms with Crippen molar-refractivity contribution in [2.75, 3.05) is 23.7 Å². The zero-order valence-corrected chi connectivity index (χ0v) is 11.8. The van der Waals surface area contributed by atoms with Crippen LogP contribution in [0.5, 0.6) is 0 Å². The molecule has 0 saturated heterocycles. The van der Waals surface area contributed by atoms with Gasteiger partial charge in [-0.3, -0.25) is 0 Å². The topological polar surface area (TPSA) is 29.3 Å². The van der Waals surface area contributed by atoms with Crippen LogP contribution in [0.3, 0.4) is 0 Å². The quantitative estimate of drug-likeness (QED) is 0.773. The van der Waals surface area contributed by atoms with Crippen molar-refractivity contribution in [3.63, 3.8) is 0 Å². The van der Waals surface area contributed by atoms with Crippen LogP contribution in [0.25, 0.3) is 0 Å². The van der Waals surface area contributed by atoms with Crippen LogP contribution in [0.2, 0.25) is 0 Å². The molecule has 1 aliphatic heterocycles. The third-order valence-electron chi connectivity index (χ3n) is 4.18. The Bertz CT molecular complexity index is 387. The lowest BCUT2D eigenvalue weighted by Crippen LogP contribution is -2.27. The lowest BCUT2D eigenvalue weighted by molar-refractivity contribution is 0.449. The highest BCUT2D eigenvalue weighted by atomic mass is 15.1. The molecule has 2 N–H and O–H groups in total. The zero-order chi connectivity index (χ0) is 13.0. The number of hydrogen-bond acceptors (Lipinski definition) is 2. The highest BCUT2D eigenvalue weighted by Crippen LogP contribution is 2.33. The summed E-state index contributed by atoms with van der Waals surface area (Å²) < 4.78 is 0. The standard InChI is InChI=1S/C16H26N2/c1-3-5-7-13(4-2)12-18-11-10-14-15(17)8-6-9-16(14)18/h6,8-9,13H,3-5,7,10-12,17H2,1-2H3. The molecule has 1 atom stereocenters. The molecule has 1 aromatic carbocycles. The van der Waals surface area contributed by atoms with Crippen LogP contribution in [-0.4, -0.2) is 13.1 Å². The Kier molecular flexibility index (Phi) is 4.51. The number of nitrogen functional groups attached to an aromatic ring is 1. The number of benzene rings is 1. The van der Waals surface area contributed by atoms with E-state index in [1.54, 1.807) is 0 Å². The van der Waals surface area contributed by atoms with Gasteiger partial charge in [-0.2, -0.15) is 0 Å². The molecule has 18 heavy (non-hydrogen) atoms. The maximum atomic E-state index is 6.05. The van der Waals surface area contributed by atoms with Crippen molar-refractivity contribution in [1.82, 2.24) is 0 Å². The van der Waals surface area contributed by atoms with Gasteiger partial charge in [0.15, 0.2) is 0 Å². The first-order valence-corrected chi connectivity index (χ1v) is 7.38. The minimum Gasteiger partial charge on any atom is -0.398 e. The predicted molar refractivity (Wildman–Crippen MR) is 80.1 cm³/mol. The molecule has 1 unspecified atom stereocenters. The molecule has 0 aliphatic carbocycles. The summed E-state index contributed by atoms with van der Waals surface area (Å²) in [4.78, 5) is 2.54. The fourth-order valence-electron chi connectivity index (χ4n) is 2.95. The van der Waals surface area contributed by atoms with E-state index in [0.29, 0.717) is 0 Å². The molecule has 0 spiro atoms. The molecule has 1 aliphatic rings. The molecule has 0 amide bonds. The molecule has 0 saturated carbocycles. The molecule has 0 aromatic heterocycles. The second-order valence-electron chi connectivity index (χ2n) is 5.46. The molecule has 0 radical (unpaired) electrons. The average molecular weight is 246 g/mol. The Balaban J connectivity index is 2.02. The van der Waals surface area contributed by atoms with E-state index in [9.17, 15) is 0 Å². The van der Waals surface area contributed by atoms with Crippen molar-refractivity contribution in [3.8, 4) is 0 Å². The molecular weight excluding hydrogens is 220 g/mol. The molecule has 2 heteroatoms. The molecule has 1 heterocycles. The minimum atomic E-state index is 0.831. The van der Waals surface area contributed by atoms with E-state index < -0.39 is 0 Å². The number of hydrogen-bond donors (Lipinski definition) is 1. The first kappa shape index (κ1) is 13.3. The SMILES string of the molecule is CCCCC(CC)CN1CCc2c(N)cccc21. The summed E-state index contributed by atoms with van der Waals surface area (Å²) in [6.07, 6.45) is 6.43. The maximum Gasteiger partial charge on any atom is 0.0420 e. The van der Waals surface area contributed by atoms with Gasteiger partial charge < -0.3 is 10.6 Å². The summed E-state index contributed by atoms with van der Waals surface area (Å²) in [5.41, 5.74) is 9.76. The largest absolute Gasteiger partial charge is 0.398 e. The number of rotatable bonds is 6. The van der Waals surface area contributed by atoms with Crippen LogP contribution < -0.4 is 10.6 Å². The summed E-state index contributed by atoms with van der Waals surface area (Å²) in [7, 11) is 0. The summed E-state index contributed by atoms with van der Waals surface area (Å²) in [6, 6.07) is 6.33. The zero-order valence-electron chi connectivity index (χ0n) is 11.8. The smallest absolute Gasteiger partial charge is 0.0420 e. The first-order chi connectivity index (χ1) is 8.76. The molecule has 2 rings (SSSR count). The van der Waals surface area contributed by atoms with Crippen LogP contribution in [0.1, 0.15) is 45.1 Å². The summed E-state index contributed by atoms with van der Waals surface area (Å²) in [5.74, 6) is 0.831. The fourth-order valence-corrected chi connectivity index (χ4v) is 2.95. The normalized spacial score (nSPS) is 15.8. The third kappa shape index (κ3) is 2.80. The lowest BCUT2D eigenvalue weighted by atomic mass is 9.98. The minimum absolute atomic E-state index is 0.831. The van der Waals surface area contributed by atoms with Gasteiger partial charge in [-0.25, -0.2) is 0 Å². The van der Waals surface area contributed by atoms with E-state index in [0.717, 1.165) is 24.6 Å². The first-order valence-electron chi connectivity index (χ1n) is 7.38. The van der Waals surface area contributed by atoms with Gasteiger partial charge in [-0.15, -0.1) is 0 Å². The van der Waals surface area contributed by atoms with Crippen LogP contribution in [-0.2, 0) is 6.42 Å². The third-order valence-corrected chi connectivity index (χ3v) is 4.18. The van der Waals surface area contributed by atoms with Gasteiger partial charge in [0.1, 0.15) is 0 Å². The summed E-state index contributed by atoms with van der Waals surface area (Å²) in [5, 5.41) is 0. The number of fused-ring (bicyclic) bond motifs is 1. The van der Waals surface area contributed by atoms with Gasteiger partial charge in [-0.1, -0.05) is 39.2 Å². The van der Waals surface area contributed by atoms with Crippen LogP contribution in [0.4, 0.5) is 11.4 Å². The van der Waals surface area contributed by atoms with Crippen LogP contribution in [0, 0.1) is 5.92 Å². The number of unbranched alkanes of at least 4 members (excludes halogenated alkanes) is 1. The fraction of sp³-hybridized carbons (Fsp3) is 0.625. The molecule has 0 bridgehead atoms. The Morgan fingerprint density at radius 3 is 2.89 bits per heavy atom. The van der Waals surface area contributed by atoms with Crippen molar-refractivity contribution in [3.05, 3.63) is 23.8 Å². The summed E-state index contributed by atoms with van der Waals surface area (Å²) in [6.45, 7) is 6.94. The molecule has 1 aromatic rings. The second-order valence-corrected chi connectivity index (χ2v) is 5.46. The van der Waals surface area contributed by atoms with Crippen molar-refractivity contribution in [1.29, 1.82) is 0 Å². The van der Waals surface area contributed by atoms with Crippen LogP contribution >= 0.6 is 0 Å². The Morgan fingerprint density at radius 1 is 1.33 bits per heavy atom. The Hall–Kier alpha value is -1.18. The molecule has 100 valence electrons. The monoisotopic (exact) mass is 246 g/mol. The van der Waals surface area contributed by atoms with Crippen molar-refractivity contribution < 1.29 is 0 Å². The Labute approximate surface area is 111 Å². The highest BCUT2D eigenvalue weighted by Gasteiger charge is 2.22. The van der Waals surface area contributed by atoms with Gasteiger partial charge in [0.25, 0.3) is 0 Å². The number of anilines is 2. The lowest BCUT2D eigenvalue weighted by Gasteiger charge is -2.25. The maximum absolute atomic E-state index is 6.05.